The topological polar surface area (TPSA) is 27.7 Å². The lowest BCUT2D eigenvalue weighted by molar-refractivity contribution is -0.386. The Morgan fingerprint density at radius 1 is 0.593 bits per heavy atom. The monoisotopic (exact) mass is 386 g/mol. The molecule has 0 radical (unpaired) electrons. The smallest absolute Gasteiger partial charge is 0.282 e. The quantitative estimate of drug-likeness (QED) is 0.148. The van der Waals surface area contributed by atoms with Crippen LogP contribution in [-0.4, -0.2) is 25.8 Å². The van der Waals surface area contributed by atoms with Crippen LogP contribution in [0.15, 0.2) is 0 Å². The van der Waals surface area contributed by atoms with Gasteiger partial charge in [-0.2, -0.15) is 0 Å². The molecule has 0 N–H and O–H groups in total. The van der Waals surface area contributed by atoms with Gasteiger partial charge in [0.15, 0.2) is 0 Å². The van der Waals surface area contributed by atoms with Crippen LogP contribution in [0.1, 0.15) is 125 Å². The molecule has 2 atom stereocenters. The van der Waals surface area contributed by atoms with Crippen molar-refractivity contribution in [3.8, 4) is 0 Å². The Labute approximate surface area is 170 Å². The number of rotatable bonds is 21. The van der Waals surface area contributed by atoms with Crippen molar-refractivity contribution < 1.29 is 14.2 Å². The lowest BCUT2D eigenvalue weighted by Gasteiger charge is -2.34. The molecule has 0 spiro atoms. The molecule has 0 aromatic carbocycles. The van der Waals surface area contributed by atoms with Crippen molar-refractivity contribution in [1.82, 2.24) is 0 Å². The first-order valence-corrected chi connectivity index (χ1v) is 12.1. The predicted molar refractivity (Wildman–Crippen MR) is 117 cm³/mol. The number of unbranched alkanes of at least 4 members (excludes halogenated alkanes) is 8. The maximum Gasteiger partial charge on any atom is 0.282 e. The normalized spacial score (nSPS) is 15.0. The first kappa shape index (κ1) is 26.9. The maximum atomic E-state index is 6.37. The molecule has 0 saturated carbocycles. The number of ether oxygens (including phenoxy) is 3. The second kappa shape index (κ2) is 19.2. The van der Waals surface area contributed by atoms with Gasteiger partial charge in [0, 0.05) is 6.42 Å². The van der Waals surface area contributed by atoms with Crippen molar-refractivity contribution in [2.24, 2.45) is 5.92 Å². The third kappa shape index (κ3) is 15.5. The highest BCUT2D eigenvalue weighted by atomic mass is 16.9. The Morgan fingerprint density at radius 3 is 1.67 bits per heavy atom. The number of hydrogen-bond donors (Lipinski definition) is 0. The highest BCUT2D eigenvalue weighted by Crippen LogP contribution is 2.26. The van der Waals surface area contributed by atoms with Crippen LogP contribution < -0.4 is 0 Å². The minimum Gasteiger partial charge on any atom is -0.327 e. The van der Waals surface area contributed by atoms with Crippen molar-refractivity contribution in [3.63, 3.8) is 0 Å². The molecule has 0 aromatic rings. The van der Waals surface area contributed by atoms with Crippen LogP contribution in [0, 0.1) is 5.92 Å². The lowest BCUT2D eigenvalue weighted by Crippen LogP contribution is -2.41. The molecule has 3 nitrogen and oxygen atoms in total. The van der Waals surface area contributed by atoms with Crippen molar-refractivity contribution in [1.29, 1.82) is 0 Å². The maximum absolute atomic E-state index is 6.37. The molecule has 0 aromatic heterocycles. The largest absolute Gasteiger partial charge is 0.327 e. The van der Waals surface area contributed by atoms with Crippen LogP contribution in [0.2, 0.25) is 0 Å². The van der Waals surface area contributed by atoms with E-state index in [0.29, 0.717) is 5.92 Å². The minimum atomic E-state index is -0.824. The Bertz CT molecular complexity index is 281. The molecule has 0 saturated heterocycles. The van der Waals surface area contributed by atoms with E-state index in [1.54, 1.807) is 0 Å². The molecule has 27 heavy (non-hydrogen) atoms. The molecule has 2 unspecified atom stereocenters. The molecular formula is C24H50O3. The van der Waals surface area contributed by atoms with Gasteiger partial charge in [0.25, 0.3) is 5.97 Å². The molecule has 3 heteroatoms. The third-order valence-corrected chi connectivity index (χ3v) is 5.10. The molecule has 0 aliphatic heterocycles. The van der Waals surface area contributed by atoms with E-state index in [4.69, 9.17) is 14.2 Å². The van der Waals surface area contributed by atoms with E-state index in [1.165, 1.54) is 64.2 Å². The molecule has 0 aliphatic rings. The second-order valence-corrected chi connectivity index (χ2v) is 8.16. The van der Waals surface area contributed by atoms with Crippen LogP contribution >= 0.6 is 0 Å². The van der Waals surface area contributed by atoms with Crippen LogP contribution in [0.25, 0.3) is 0 Å². The highest BCUT2D eigenvalue weighted by molar-refractivity contribution is 4.63. The van der Waals surface area contributed by atoms with Crippen LogP contribution in [0.4, 0.5) is 0 Å². The summed E-state index contributed by atoms with van der Waals surface area (Å²) in [5.74, 6) is -0.275. The van der Waals surface area contributed by atoms with Crippen molar-refractivity contribution in [2.45, 2.75) is 130 Å². The predicted octanol–water partition coefficient (Wildman–Crippen LogP) is 7.87. The van der Waals surface area contributed by atoms with Crippen LogP contribution in [-0.2, 0) is 14.2 Å². The lowest BCUT2D eigenvalue weighted by atomic mass is 10.1. The van der Waals surface area contributed by atoms with Crippen molar-refractivity contribution in [3.05, 3.63) is 0 Å². The Morgan fingerprint density at radius 2 is 1.11 bits per heavy atom. The van der Waals surface area contributed by atoms with Gasteiger partial charge >= 0.3 is 0 Å². The summed E-state index contributed by atoms with van der Waals surface area (Å²) in [6.45, 7) is 13.4. The van der Waals surface area contributed by atoms with Gasteiger partial charge in [-0.05, 0) is 31.6 Å². The van der Waals surface area contributed by atoms with Crippen LogP contribution in [0.5, 0.6) is 0 Å². The van der Waals surface area contributed by atoms with Gasteiger partial charge < -0.3 is 14.2 Å². The van der Waals surface area contributed by atoms with E-state index in [9.17, 15) is 0 Å². The summed E-state index contributed by atoms with van der Waals surface area (Å²) in [6, 6.07) is 0. The third-order valence-electron chi connectivity index (χ3n) is 5.10. The van der Waals surface area contributed by atoms with Crippen LogP contribution in [0.3, 0.4) is 0 Å². The summed E-state index contributed by atoms with van der Waals surface area (Å²) in [6.07, 6.45) is 16.4. The van der Waals surface area contributed by atoms with Crippen molar-refractivity contribution >= 4 is 0 Å². The summed E-state index contributed by atoms with van der Waals surface area (Å²) in [7, 11) is 0. The van der Waals surface area contributed by atoms with Gasteiger partial charge in [0.2, 0.25) is 0 Å². The summed E-state index contributed by atoms with van der Waals surface area (Å²) in [4.78, 5) is 0. The zero-order valence-electron chi connectivity index (χ0n) is 19.3. The Hall–Kier alpha value is -0.120. The molecule has 0 rings (SSSR count). The summed E-state index contributed by atoms with van der Waals surface area (Å²) < 4.78 is 19.0. The summed E-state index contributed by atoms with van der Waals surface area (Å²) >= 11 is 0. The molecule has 0 heterocycles. The zero-order valence-corrected chi connectivity index (χ0v) is 19.3. The summed E-state index contributed by atoms with van der Waals surface area (Å²) in [5.41, 5.74) is 0. The fraction of sp³-hybridized carbons (Fsp3) is 1.00. The average Bonchev–Trinajstić information content (AvgIpc) is 2.67. The van der Waals surface area contributed by atoms with Crippen molar-refractivity contribution in [2.75, 3.05) is 19.8 Å². The van der Waals surface area contributed by atoms with Gasteiger partial charge in [-0.15, -0.1) is 0 Å². The molecule has 164 valence electrons. The molecule has 0 amide bonds. The second-order valence-electron chi connectivity index (χ2n) is 8.16. The van der Waals surface area contributed by atoms with E-state index < -0.39 is 5.97 Å². The first-order chi connectivity index (χ1) is 13.1. The molecular weight excluding hydrogens is 336 g/mol. The van der Waals surface area contributed by atoms with Gasteiger partial charge in [-0.3, -0.25) is 0 Å². The molecule has 0 bridgehead atoms. The van der Waals surface area contributed by atoms with Gasteiger partial charge in [0.1, 0.15) is 0 Å². The van der Waals surface area contributed by atoms with Gasteiger partial charge in [0.05, 0.1) is 19.8 Å². The highest BCUT2D eigenvalue weighted by Gasteiger charge is 2.33. The van der Waals surface area contributed by atoms with E-state index in [0.717, 1.165) is 45.5 Å². The first-order valence-electron chi connectivity index (χ1n) is 12.1. The average molecular weight is 387 g/mol. The summed E-state index contributed by atoms with van der Waals surface area (Å²) in [5, 5.41) is 0. The Balaban J connectivity index is 4.79. The van der Waals surface area contributed by atoms with E-state index in [1.807, 2.05) is 0 Å². The zero-order chi connectivity index (χ0) is 20.2. The van der Waals surface area contributed by atoms with E-state index in [-0.39, 0.29) is 0 Å². The van der Waals surface area contributed by atoms with Gasteiger partial charge in [-0.25, -0.2) is 0 Å². The molecule has 0 aliphatic carbocycles. The van der Waals surface area contributed by atoms with E-state index in [2.05, 4.69) is 34.6 Å². The Kier molecular flexibility index (Phi) is 19.1. The fourth-order valence-corrected chi connectivity index (χ4v) is 3.29. The standard InChI is InChI=1S/C24H50O3/c1-6-10-13-15-19-24(25-20-16-12-8-3,26-21-17-14-11-7-2)27-22-23(5)18-9-4/h23H,6-22H2,1-5H3. The SMILES string of the molecule is CCCCCCOC(CCCCCC)(OCCCCC)OCC(C)CCC. The van der Waals surface area contributed by atoms with E-state index >= 15 is 0 Å². The van der Waals surface area contributed by atoms with Gasteiger partial charge in [-0.1, -0.05) is 92.4 Å². The fourth-order valence-electron chi connectivity index (χ4n) is 3.29. The minimum absolute atomic E-state index is 0.549. The molecule has 0 fully saturated rings. The number of hydrogen-bond acceptors (Lipinski definition) is 3.